The monoisotopic (exact) mass is 292 g/mol. The van der Waals surface area contributed by atoms with Gasteiger partial charge in [0.15, 0.2) is 0 Å². The summed E-state index contributed by atoms with van der Waals surface area (Å²) in [5, 5.41) is 8.66. The number of hydrogen-bond donors (Lipinski definition) is 1. The Kier molecular flexibility index (Phi) is 4.77. The highest BCUT2D eigenvalue weighted by molar-refractivity contribution is 7.14. The maximum Gasteiger partial charge on any atom is 0.264 e. The molecule has 1 aromatic rings. The first-order valence-electron chi connectivity index (χ1n) is 6.34. The summed E-state index contributed by atoms with van der Waals surface area (Å²) < 4.78 is 0. The fourth-order valence-corrected chi connectivity index (χ4v) is 2.66. The van der Waals surface area contributed by atoms with Gasteiger partial charge in [-0.1, -0.05) is 11.8 Å². The Morgan fingerprint density at radius 1 is 1.45 bits per heavy atom. The van der Waals surface area contributed by atoms with E-state index in [4.69, 9.17) is 5.11 Å². The van der Waals surface area contributed by atoms with Gasteiger partial charge in [0.2, 0.25) is 5.91 Å². The summed E-state index contributed by atoms with van der Waals surface area (Å²) in [5.41, 5.74) is 0. The number of nitrogens with zero attached hydrogens (tertiary/aromatic N) is 2. The molecule has 1 N–H and O–H groups in total. The number of aliphatic hydroxyl groups is 1. The van der Waals surface area contributed by atoms with E-state index in [9.17, 15) is 9.59 Å². The predicted molar refractivity (Wildman–Crippen MR) is 76.4 cm³/mol. The molecule has 20 heavy (non-hydrogen) atoms. The lowest BCUT2D eigenvalue weighted by Gasteiger charge is -2.31. The molecule has 0 bridgehead atoms. The van der Waals surface area contributed by atoms with Crippen LogP contribution in [0.5, 0.6) is 0 Å². The van der Waals surface area contributed by atoms with Gasteiger partial charge in [0, 0.05) is 26.6 Å². The molecule has 2 rings (SSSR count). The predicted octanol–water partition coefficient (Wildman–Crippen LogP) is 0.396. The van der Waals surface area contributed by atoms with Gasteiger partial charge in [-0.2, -0.15) is 0 Å². The molecular weight excluding hydrogens is 276 g/mol. The summed E-state index contributed by atoms with van der Waals surface area (Å²) in [6, 6.07) is 3.53. The minimum absolute atomic E-state index is 0.0353. The van der Waals surface area contributed by atoms with Gasteiger partial charge in [0.05, 0.1) is 16.4 Å². The van der Waals surface area contributed by atoms with Gasteiger partial charge in [-0.3, -0.25) is 9.59 Å². The smallest absolute Gasteiger partial charge is 0.264 e. The third-order valence-electron chi connectivity index (χ3n) is 3.01. The molecular formula is C14H16N2O3S. The molecule has 0 atom stereocenters. The number of likely N-dealkylation sites (N-methyl/N-ethyl adjacent to an activating group) is 1. The van der Waals surface area contributed by atoms with Gasteiger partial charge in [0.1, 0.15) is 6.54 Å². The molecule has 5 nitrogen and oxygen atoms in total. The molecule has 0 saturated carbocycles. The van der Waals surface area contributed by atoms with Crippen LogP contribution < -0.4 is 0 Å². The van der Waals surface area contributed by atoms with Crippen LogP contribution in [-0.4, -0.2) is 60.0 Å². The van der Waals surface area contributed by atoms with Crippen LogP contribution >= 0.6 is 11.3 Å². The van der Waals surface area contributed by atoms with Crippen molar-refractivity contribution in [1.29, 1.82) is 0 Å². The molecule has 1 saturated heterocycles. The number of hydrogen-bond acceptors (Lipinski definition) is 4. The number of amides is 2. The lowest BCUT2D eigenvalue weighted by molar-refractivity contribution is -0.133. The van der Waals surface area contributed by atoms with E-state index in [0.29, 0.717) is 24.4 Å². The fraction of sp³-hybridized carbons (Fsp3) is 0.429. The molecule has 6 heteroatoms. The van der Waals surface area contributed by atoms with Crippen LogP contribution in [0.3, 0.4) is 0 Å². The highest BCUT2D eigenvalue weighted by Gasteiger charge is 2.26. The molecule has 2 heterocycles. The Hall–Kier alpha value is -1.84. The maximum absolute atomic E-state index is 12.3. The van der Waals surface area contributed by atoms with E-state index < -0.39 is 0 Å². The molecule has 0 unspecified atom stereocenters. The number of aliphatic hydroxyl groups excluding tert-OH is 1. The van der Waals surface area contributed by atoms with E-state index in [1.54, 1.807) is 29.0 Å². The van der Waals surface area contributed by atoms with E-state index in [0.717, 1.165) is 4.88 Å². The van der Waals surface area contributed by atoms with Crippen LogP contribution in [0.25, 0.3) is 0 Å². The van der Waals surface area contributed by atoms with Gasteiger partial charge in [-0.15, -0.1) is 11.3 Å². The Morgan fingerprint density at radius 3 is 2.95 bits per heavy atom. The summed E-state index contributed by atoms with van der Waals surface area (Å²) in [7, 11) is 1.74. The van der Waals surface area contributed by atoms with Crippen molar-refractivity contribution in [2.24, 2.45) is 0 Å². The topological polar surface area (TPSA) is 60.9 Å². The zero-order chi connectivity index (χ0) is 14.5. The average Bonchev–Trinajstić information content (AvgIpc) is 2.90. The van der Waals surface area contributed by atoms with Crippen LogP contribution in [-0.2, 0) is 4.79 Å². The van der Waals surface area contributed by atoms with Gasteiger partial charge in [0.25, 0.3) is 5.91 Å². The van der Waals surface area contributed by atoms with Crippen LogP contribution in [0.4, 0.5) is 0 Å². The second-order valence-corrected chi connectivity index (χ2v) is 5.57. The van der Waals surface area contributed by atoms with Crippen LogP contribution in [0.2, 0.25) is 0 Å². The zero-order valence-electron chi connectivity index (χ0n) is 11.3. The Morgan fingerprint density at radius 2 is 2.25 bits per heavy atom. The van der Waals surface area contributed by atoms with Crippen molar-refractivity contribution < 1.29 is 14.7 Å². The lowest BCUT2D eigenvalue weighted by Crippen LogP contribution is -2.50. The van der Waals surface area contributed by atoms with Crippen molar-refractivity contribution in [2.45, 2.75) is 6.42 Å². The van der Waals surface area contributed by atoms with Crippen LogP contribution in [0, 0.1) is 11.8 Å². The molecule has 1 aromatic heterocycles. The number of thiophene rings is 1. The second kappa shape index (κ2) is 6.55. The Balaban J connectivity index is 2.03. The van der Waals surface area contributed by atoms with Crippen molar-refractivity contribution in [3.05, 3.63) is 21.9 Å². The summed E-state index contributed by atoms with van der Waals surface area (Å²) in [4.78, 5) is 28.5. The fourth-order valence-electron chi connectivity index (χ4n) is 1.81. The minimum Gasteiger partial charge on any atom is -0.395 e. The number of rotatable bonds is 2. The largest absolute Gasteiger partial charge is 0.395 e. The third kappa shape index (κ3) is 3.38. The second-order valence-electron chi connectivity index (χ2n) is 4.48. The lowest BCUT2D eigenvalue weighted by atomic mass is 10.3. The summed E-state index contributed by atoms with van der Waals surface area (Å²) in [5.74, 6) is 5.57. The number of piperazine rings is 1. The van der Waals surface area contributed by atoms with Gasteiger partial charge < -0.3 is 14.9 Å². The van der Waals surface area contributed by atoms with Gasteiger partial charge in [-0.25, -0.2) is 0 Å². The van der Waals surface area contributed by atoms with E-state index in [1.165, 1.54) is 11.3 Å². The summed E-state index contributed by atoms with van der Waals surface area (Å²) in [6.45, 7) is 1.30. The van der Waals surface area contributed by atoms with Crippen LogP contribution in [0.15, 0.2) is 12.1 Å². The zero-order valence-corrected chi connectivity index (χ0v) is 12.1. The van der Waals surface area contributed by atoms with Crippen molar-refractivity contribution in [2.75, 3.05) is 33.3 Å². The first kappa shape index (κ1) is 14.6. The average molecular weight is 292 g/mol. The highest BCUT2D eigenvalue weighted by Crippen LogP contribution is 2.18. The molecule has 0 radical (unpaired) electrons. The highest BCUT2D eigenvalue weighted by atomic mass is 32.1. The van der Waals surface area contributed by atoms with E-state index in [1.807, 2.05) is 0 Å². The normalized spacial score (nSPS) is 15.0. The standard InChI is InChI=1S/C14H16N2O3S/c1-15-7-8-16(10-13(15)18)14(19)12-6-5-11(20-12)4-2-3-9-17/h5-6,17H,3,7-10H2,1H3. The first-order chi connectivity index (χ1) is 9.61. The van der Waals surface area contributed by atoms with Crippen molar-refractivity contribution >= 4 is 23.2 Å². The molecule has 1 aliphatic heterocycles. The quantitative estimate of drug-likeness (QED) is 0.803. The maximum atomic E-state index is 12.3. The molecule has 106 valence electrons. The molecule has 0 aliphatic carbocycles. The van der Waals surface area contributed by atoms with E-state index >= 15 is 0 Å². The first-order valence-corrected chi connectivity index (χ1v) is 7.16. The van der Waals surface area contributed by atoms with Crippen molar-refractivity contribution in [3.8, 4) is 11.8 Å². The Bertz CT molecular complexity index is 570. The third-order valence-corrected chi connectivity index (χ3v) is 4.00. The molecule has 1 aliphatic rings. The molecule has 0 spiro atoms. The van der Waals surface area contributed by atoms with Gasteiger partial charge in [-0.05, 0) is 12.1 Å². The van der Waals surface area contributed by atoms with Crippen molar-refractivity contribution in [3.63, 3.8) is 0 Å². The van der Waals surface area contributed by atoms with E-state index in [-0.39, 0.29) is 25.0 Å². The SMILES string of the molecule is CN1CCN(C(=O)c2ccc(C#CCCO)s2)CC1=O. The molecule has 1 fully saturated rings. The Labute approximate surface area is 121 Å². The van der Waals surface area contributed by atoms with Crippen molar-refractivity contribution in [1.82, 2.24) is 9.80 Å². The molecule has 2 amide bonds. The van der Waals surface area contributed by atoms with Crippen LogP contribution in [0.1, 0.15) is 21.0 Å². The molecule has 0 aromatic carbocycles. The number of carbonyl (C=O) groups excluding carboxylic acids is 2. The summed E-state index contributed by atoms with van der Waals surface area (Å²) in [6.07, 6.45) is 0.425. The van der Waals surface area contributed by atoms with E-state index in [2.05, 4.69) is 11.8 Å². The minimum atomic E-state index is -0.119. The summed E-state index contributed by atoms with van der Waals surface area (Å²) >= 11 is 1.32. The number of carbonyl (C=O) groups is 2. The van der Waals surface area contributed by atoms with Gasteiger partial charge >= 0.3 is 0 Å².